The van der Waals surface area contributed by atoms with E-state index in [1.54, 1.807) is 135 Å². The summed E-state index contributed by atoms with van der Waals surface area (Å²) in [5, 5.41) is 17.5. The molecule has 3 aromatic carbocycles. The normalized spacial score (nSPS) is 24.7. The smallest absolute Gasteiger partial charge is 0.408 e. The van der Waals surface area contributed by atoms with Gasteiger partial charge in [0.15, 0.2) is 16.6 Å². The Morgan fingerprint density at radius 3 is 1.08 bits per heavy atom. The topological polar surface area (TPSA) is 238 Å². The van der Waals surface area contributed by atoms with Gasteiger partial charge in [-0.15, -0.1) is 0 Å². The van der Waals surface area contributed by atoms with Crippen molar-refractivity contribution in [2.75, 3.05) is 26.9 Å². The number of hydrogen-bond acceptors (Lipinski definition) is 12. The van der Waals surface area contributed by atoms with Crippen LogP contribution in [0.2, 0.25) is 0 Å². The second-order valence-electron chi connectivity index (χ2n) is 21.3. The molecule has 3 heterocycles. The molecule has 3 saturated heterocycles. The second-order valence-corrected chi connectivity index (χ2v) is 24.0. The molecule has 6 rings (SSSR count). The van der Waals surface area contributed by atoms with Crippen LogP contribution in [0.25, 0.3) is 0 Å². The van der Waals surface area contributed by atoms with Gasteiger partial charge in [0, 0.05) is 32.7 Å². The van der Waals surface area contributed by atoms with E-state index in [1.807, 2.05) is 0 Å². The lowest BCUT2D eigenvalue weighted by molar-refractivity contribution is -0.148. The van der Waals surface area contributed by atoms with E-state index < -0.39 is 118 Å². The largest absolute Gasteiger partial charge is 0.467 e. The molecular formula is C54H69Br3N6O12. The van der Waals surface area contributed by atoms with Crippen molar-refractivity contribution in [1.29, 1.82) is 0 Å². The van der Waals surface area contributed by atoms with Gasteiger partial charge < -0.3 is 55.6 Å². The van der Waals surface area contributed by atoms with Crippen LogP contribution in [0.3, 0.4) is 0 Å². The highest BCUT2D eigenvalue weighted by atomic mass is 79.9. The highest BCUT2D eigenvalue weighted by Gasteiger charge is 2.58. The van der Waals surface area contributed by atoms with Gasteiger partial charge in [0.05, 0.1) is 26.9 Å². The molecule has 75 heavy (non-hydrogen) atoms. The summed E-state index contributed by atoms with van der Waals surface area (Å²) in [6, 6.07) is 17.5. The zero-order chi connectivity index (χ0) is 55.2. The predicted molar refractivity (Wildman–Crippen MR) is 289 cm³/mol. The molecule has 3 aliphatic heterocycles. The number of nitrogens with one attached hydrogen (secondary N) is 6. The first-order valence-electron chi connectivity index (χ1n) is 25.0. The minimum Gasteiger partial charge on any atom is -0.467 e. The van der Waals surface area contributed by atoms with Crippen LogP contribution in [0.5, 0.6) is 0 Å². The summed E-state index contributed by atoms with van der Waals surface area (Å²) in [5.41, 5.74) is -4.66. The average molecular weight is 1230 g/mol. The average Bonchev–Trinajstić information content (AvgIpc) is 4.09. The van der Waals surface area contributed by atoms with Gasteiger partial charge in [-0.25, -0.2) is 9.59 Å². The molecular weight excluding hydrogens is 1160 g/mol. The first-order valence-corrected chi connectivity index (χ1v) is 27.4. The third-order valence-electron chi connectivity index (χ3n) is 13.7. The van der Waals surface area contributed by atoms with Crippen molar-refractivity contribution in [1.82, 2.24) is 31.9 Å². The van der Waals surface area contributed by atoms with Gasteiger partial charge in [-0.05, 0) is 91.6 Å². The van der Waals surface area contributed by atoms with E-state index in [0.717, 1.165) is 13.4 Å². The van der Waals surface area contributed by atoms with Crippen LogP contribution < -0.4 is 31.9 Å². The van der Waals surface area contributed by atoms with E-state index in [-0.39, 0.29) is 39.1 Å². The molecule has 21 heteroatoms. The number of amides is 6. The van der Waals surface area contributed by atoms with Crippen molar-refractivity contribution in [3.05, 3.63) is 103 Å². The Hall–Kier alpha value is -4.93. The zero-order valence-corrected chi connectivity index (χ0v) is 48.7. The van der Waals surface area contributed by atoms with Crippen molar-refractivity contribution < 1.29 is 57.2 Å². The minimum absolute atomic E-state index is 0.00240. The summed E-state index contributed by atoms with van der Waals surface area (Å²) in [6.45, 7) is 15.7. The van der Waals surface area contributed by atoms with Crippen LogP contribution in [0, 0.1) is 17.8 Å². The van der Waals surface area contributed by atoms with Crippen molar-refractivity contribution in [3.63, 3.8) is 0 Å². The van der Waals surface area contributed by atoms with Crippen molar-refractivity contribution >= 4 is 89.4 Å². The Kier molecular flexibility index (Phi) is 19.5. The van der Waals surface area contributed by atoms with Crippen LogP contribution in [-0.2, 0) is 52.5 Å². The molecule has 0 aliphatic carbocycles. The maximum absolute atomic E-state index is 15.5. The van der Waals surface area contributed by atoms with Crippen molar-refractivity contribution in [2.45, 2.75) is 140 Å². The minimum atomic E-state index is -1.89. The molecule has 0 aromatic heterocycles. The van der Waals surface area contributed by atoms with Crippen molar-refractivity contribution in [3.8, 4) is 0 Å². The zero-order valence-electron chi connectivity index (χ0n) is 43.9. The lowest BCUT2D eigenvalue weighted by Gasteiger charge is -2.39. The third-order valence-corrected chi connectivity index (χ3v) is 15.3. The fraction of sp³-hybridized carbons (Fsp3) is 0.537. The first-order chi connectivity index (χ1) is 35.3. The summed E-state index contributed by atoms with van der Waals surface area (Å²) in [5.74, 6) is -5.95. The summed E-state index contributed by atoms with van der Waals surface area (Å²) in [6.07, 6.45) is -4.02. The summed E-state index contributed by atoms with van der Waals surface area (Å²) < 4.78 is 31.7. The SMILES string of the molecule is COC(=O)[C@@H](NC(=O)[C@]1(NC(=O)[C@@H](NC(=O)[C@]2(NC(=O)[C@@H](NC(=O)[C@]3(NC(=O)OC(C)(C)C)CCO[C@@H]3c3ccc(Br)cc3)C(C)C)CCO[C@@H]2c2ccc(Br)cc2)C(C)C)CCO[C@@H]1c1ccc(Br)cc1)C(C)C. The first kappa shape index (κ1) is 59.3. The van der Waals surface area contributed by atoms with E-state index in [0.29, 0.717) is 16.7 Å². The Morgan fingerprint density at radius 1 is 0.507 bits per heavy atom. The lowest BCUT2D eigenvalue weighted by Crippen LogP contribution is -2.69. The summed E-state index contributed by atoms with van der Waals surface area (Å²) in [7, 11) is 1.22. The van der Waals surface area contributed by atoms with Crippen LogP contribution in [0.4, 0.5) is 4.79 Å². The molecule has 18 nitrogen and oxygen atoms in total. The van der Waals surface area contributed by atoms with E-state index >= 15 is 19.2 Å². The monoisotopic (exact) mass is 1230 g/mol. The highest BCUT2D eigenvalue weighted by Crippen LogP contribution is 2.43. The maximum Gasteiger partial charge on any atom is 0.408 e. The Balaban J connectivity index is 1.36. The number of carbonyl (C=O) groups excluding carboxylic acids is 7. The predicted octanol–water partition coefficient (Wildman–Crippen LogP) is 7.33. The molecule has 0 radical (unpaired) electrons. The number of methoxy groups -OCH3 is 1. The van der Waals surface area contributed by atoms with E-state index in [2.05, 4.69) is 79.7 Å². The summed E-state index contributed by atoms with van der Waals surface area (Å²) in [4.78, 5) is 102. The van der Waals surface area contributed by atoms with Crippen LogP contribution in [0.15, 0.2) is 86.2 Å². The molecule has 0 saturated carbocycles. The Morgan fingerprint density at radius 2 is 0.800 bits per heavy atom. The highest BCUT2D eigenvalue weighted by molar-refractivity contribution is 9.11. The standard InChI is InChI=1S/C54H69Br3N6O12/c1-29(2)38(44(64)62-53(48(68)60-40(31(5)6)46(66)71-10)24-27-73-42(53)33-13-19-36(56)20-14-33)58-47(67)52(23-26-72-41(52)32-11-17-35(55)18-12-32)61-45(65)39(30(3)4)59-49(69)54(63-50(70)75-51(7,8)9)25-28-74-43(54)34-15-21-37(57)22-16-34/h11-22,29-31,38-43H,23-28H2,1-10H3,(H,58,67)(H,59,69)(H,60,68)(H,61,65)(H,62,64)(H,63,70)/t38-,39-,40-,41+,42+,43+,52-,53-,54-/m0/s1. The van der Waals surface area contributed by atoms with Crippen LogP contribution >= 0.6 is 47.8 Å². The molecule has 6 N–H and O–H groups in total. The molecule has 408 valence electrons. The quantitative estimate of drug-likeness (QED) is 0.0687. The fourth-order valence-corrected chi connectivity index (χ4v) is 10.5. The van der Waals surface area contributed by atoms with E-state index in [9.17, 15) is 14.4 Å². The van der Waals surface area contributed by atoms with Gasteiger partial charge in [0.25, 0.3) is 0 Å². The number of carbonyl (C=O) groups is 7. The number of esters is 1. The summed E-state index contributed by atoms with van der Waals surface area (Å²) >= 11 is 10.4. The molecule has 3 fully saturated rings. The molecule has 0 spiro atoms. The van der Waals surface area contributed by atoms with Crippen LogP contribution in [0.1, 0.15) is 117 Å². The van der Waals surface area contributed by atoms with Crippen molar-refractivity contribution in [2.24, 2.45) is 17.8 Å². The Bertz CT molecular complexity index is 2560. The lowest BCUT2D eigenvalue weighted by atomic mass is 9.83. The number of alkyl carbamates (subject to hydrolysis) is 1. The number of rotatable bonds is 18. The Labute approximate surface area is 463 Å². The number of halogens is 3. The number of ether oxygens (including phenoxy) is 5. The van der Waals surface area contributed by atoms with Gasteiger partial charge in [-0.1, -0.05) is 126 Å². The van der Waals surface area contributed by atoms with E-state index in [4.69, 9.17) is 23.7 Å². The number of benzene rings is 3. The molecule has 3 aliphatic rings. The van der Waals surface area contributed by atoms with Crippen LogP contribution in [-0.4, -0.2) is 109 Å². The maximum atomic E-state index is 15.5. The van der Waals surface area contributed by atoms with Gasteiger partial charge in [0.2, 0.25) is 29.5 Å². The number of hydrogen-bond donors (Lipinski definition) is 6. The van der Waals surface area contributed by atoms with Gasteiger partial charge >= 0.3 is 12.1 Å². The molecule has 0 bridgehead atoms. The van der Waals surface area contributed by atoms with E-state index in [1.165, 1.54) is 7.11 Å². The van der Waals surface area contributed by atoms with Gasteiger partial charge in [0.1, 0.15) is 42.0 Å². The van der Waals surface area contributed by atoms with Gasteiger partial charge in [-0.2, -0.15) is 0 Å². The molecule has 6 amide bonds. The molecule has 9 atom stereocenters. The fourth-order valence-electron chi connectivity index (χ4n) is 9.73. The third kappa shape index (κ3) is 13.4. The molecule has 0 unspecified atom stereocenters. The molecule has 3 aromatic rings. The second kappa shape index (κ2) is 24.6. The van der Waals surface area contributed by atoms with Gasteiger partial charge in [-0.3, -0.25) is 24.0 Å².